The monoisotopic (exact) mass is 457 g/mol. The first-order chi connectivity index (χ1) is 13.5. The van der Waals surface area contributed by atoms with Crippen molar-refractivity contribution in [3.63, 3.8) is 0 Å². The highest BCUT2D eigenvalue weighted by atomic mass is 79.9. The van der Waals surface area contributed by atoms with Crippen LogP contribution < -0.4 is 10.9 Å². The molecule has 1 atom stereocenters. The molecule has 2 aromatic carbocycles. The maximum absolute atomic E-state index is 12.7. The molecule has 0 aliphatic heterocycles. The molecule has 28 heavy (non-hydrogen) atoms. The van der Waals surface area contributed by atoms with Gasteiger partial charge in [-0.05, 0) is 36.8 Å². The van der Waals surface area contributed by atoms with E-state index < -0.39 is 0 Å². The van der Waals surface area contributed by atoms with E-state index in [0.717, 1.165) is 10.0 Å². The molecule has 0 radical (unpaired) electrons. The SMILES string of the molecule is C=CCn1c(SCC(=O)NC(C)c2ccc(Br)cc2)nc2ccccc2c1=O. The molecule has 1 heterocycles. The van der Waals surface area contributed by atoms with Gasteiger partial charge < -0.3 is 5.32 Å². The number of hydrogen-bond donors (Lipinski definition) is 1. The van der Waals surface area contributed by atoms with E-state index in [1.807, 2.05) is 43.3 Å². The van der Waals surface area contributed by atoms with Crippen molar-refractivity contribution in [2.24, 2.45) is 0 Å². The topological polar surface area (TPSA) is 64.0 Å². The van der Waals surface area contributed by atoms with Gasteiger partial charge in [0.1, 0.15) is 0 Å². The number of benzene rings is 2. The van der Waals surface area contributed by atoms with E-state index in [0.29, 0.717) is 22.6 Å². The minimum absolute atomic E-state index is 0.110. The van der Waals surface area contributed by atoms with Crippen molar-refractivity contribution in [2.45, 2.75) is 24.7 Å². The molecule has 1 amide bonds. The number of aromatic nitrogens is 2. The highest BCUT2D eigenvalue weighted by molar-refractivity contribution is 9.10. The fourth-order valence-corrected chi connectivity index (χ4v) is 3.88. The van der Waals surface area contributed by atoms with Gasteiger partial charge in [-0.3, -0.25) is 14.2 Å². The van der Waals surface area contributed by atoms with Gasteiger partial charge in [-0.25, -0.2) is 4.98 Å². The zero-order valence-electron chi connectivity index (χ0n) is 15.4. The fourth-order valence-electron chi connectivity index (χ4n) is 2.80. The van der Waals surface area contributed by atoms with E-state index in [1.54, 1.807) is 22.8 Å². The number of fused-ring (bicyclic) bond motifs is 1. The first-order valence-electron chi connectivity index (χ1n) is 8.77. The summed E-state index contributed by atoms with van der Waals surface area (Å²) in [6, 6.07) is 14.9. The second kappa shape index (κ2) is 9.21. The number of para-hydroxylation sites is 1. The molecule has 0 saturated heterocycles. The summed E-state index contributed by atoms with van der Waals surface area (Å²) in [7, 11) is 0. The molecule has 1 N–H and O–H groups in total. The second-order valence-corrected chi connectivity index (χ2v) is 8.10. The molecular formula is C21H20BrN3O2S. The molecule has 5 nitrogen and oxygen atoms in total. The number of carbonyl (C=O) groups excluding carboxylic acids is 1. The number of amides is 1. The van der Waals surface area contributed by atoms with Crippen LogP contribution in [-0.4, -0.2) is 21.2 Å². The number of thioether (sulfide) groups is 1. The summed E-state index contributed by atoms with van der Waals surface area (Å²) in [6.45, 7) is 5.99. The quantitative estimate of drug-likeness (QED) is 0.326. The summed E-state index contributed by atoms with van der Waals surface area (Å²) >= 11 is 4.65. The third-order valence-corrected chi connectivity index (χ3v) is 5.72. The number of rotatable bonds is 7. The summed E-state index contributed by atoms with van der Waals surface area (Å²) in [5.41, 5.74) is 1.52. The first-order valence-corrected chi connectivity index (χ1v) is 10.6. The van der Waals surface area contributed by atoms with Crippen LogP contribution in [0.5, 0.6) is 0 Å². The average molecular weight is 458 g/mol. The summed E-state index contributed by atoms with van der Waals surface area (Å²) in [4.78, 5) is 29.7. The lowest BCUT2D eigenvalue weighted by molar-refractivity contribution is -0.119. The van der Waals surface area contributed by atoms with Gasteiger partial charge in [-0.15, -0.1) is 6.58 Å². The minimum atomic E-state index is -0.128. The van der Waals surface area contributed by atoms with Crippen molar-refractivity contribution in [1.82, 2.24) is 14.9 Å². The zero-order chi connectivity index (χ0) is 20.1. The highest BCUT2D eigenvalue weighted by Crippen LogP contribution is 2.19. The van der Waals surface area contributed by atoms with E-state index in [2.05, 4.69) is 32.8 Å². The normalized spacial score (nSPS) is 11.9. The molecular weight excluding hydrogens is 438 g/mol. The van der Waals surface area contributed by atoms with Crippen molar-refractivity contribution in [2.75, 3.05) is 5.75 Å². The van der Waals surface area contributed by atoms with Crippen molar-refractivity contribution in [3.8, 4) is 0 Å². The molecule has 1 unspecified atom stereocenters. The smallest absolute Gasteiger partial charge is 0.262 e. The molecule has 3 rings (SSSR count). The number of hydrogen-bond acceptors (Lipinski definition) is 4. The van der Waals surface area contributed by atoms with Crippen molar-refractivity contribution in [3.05, 3.63) is 81.6 Å². The molecule has 0 saturated carbocycles. The van der Waals surface area contributed by atoms with Gasteiger partial charge in [0, 0.05) is 11.0 Å². The van der Waals surface area contributed by atoms with Crippen molar-refractivity contribution < 1.29 is 4.79 Å². The predicted molar refractivity (Wildman–Crippen MR) is 118 cm³/mol. The molecule has 0 bridgehead atoms. The van der Waals surface area contributed by atoms with E-state index in [9.17, 15) is 9.59 Å². The van der Waals surface area contributed by atoms with Crippen LogP contribution in [-0.2, 0) is 11.3 Å². The molecule has 1 aromatic heterocycles. The van der Waals surface area contributed by atoms with Crippen LogP contribution in [0.1, 0.15) is 18.5 Å². The maximum atomic E-state index is 12.7. The summed E-state index contributed by atoms with van der Waals surface area (Å²) in [5, 5.41) is 4.05. The summed E-state index contributed by atoms with van der Waals surface area (Å²) < 4.78 is 2.54. The summed E-state index contributed by atoms with van der Waals surface area (Å²) in [5.74, 6) is 0.0518. The van der Waals surface area contributed by atoms with Crippen LogP contribution in [0.4, 0.5) is 0 Å². The molecule has 0 aliphatic carbocycles. The van der Waals surface area contributed by atoms with Crippen LogP contribution in [0.3, 0.4) is 0 Å². The number of halogens is 1. The van der Waals surface area contributed by atoms with Gasteiger partial charge in [0.25, 0.3) is 5.56 Å². The molecule has 3 aromatic rings. The van der Waals surface area contributed by atoms with Crippen LogP contribution >= 0.6 is 27.7 Å². The number of nitrogens with one attached hydrogen (secondary N) is 1. The lowest BCUT2D eigenvalue weighted by Gasteiger charge is -2.15. The molecule has 0 fully saturated rings. The molecule has 144 valence electrons. The number of nitrogens with zero attached hydrogens (tertiary/aromatic N) is 2. The van der Waals surface area contributed by atoms with Gasteiger partial charge in [0.2, 0.25) is 5.91 Å². The number of carbonyl (C=O) groups is 1. The van der Waals surface area contributed by atoms with E-state index >= 15 is 0 Å². The van der Waals surface area contributed by atoms with Crippen LogP contribution in [0, 0.1) is 0 Å². The summed E-state index contributed by atoms with van der Waals surface area (Å²) in [6.07, 6.45) is 1.65. The minimum Gasteiger partial charge on any atom is -0.349 e. The van der Waals surface area contributed by atoms with Gasteiger partial charge >= 0.3 is 0 Å². The molecule has 0 aliphatic rings. The first kappa shape index (κ1) is 20.4. The lowest BCUT2D eigenvalue weighted by Crippen LogP contribution is -2.29. The number of allylic oxidation sites excluding steroid dienone is 1. The average Bonchev–Trinajstić information content (AvgIpc) is 2.69. The highest BCUT2D eigenvalue weighted by Gasteiger charge is 2.14. The van der Waals surface area contributed by atoms with E-state index in [1.165, 1.54) is 11.8 Å². The Kier molecular flexibility index (Phi) is 6.70. The Balaban J connectivity index is 1.74. The van der Waals surface area contributed by atoms with Crippen molar-refractivity contribution in [1.29, 1.82) is 0 Å². The van der Waals surface area contributed by atoms with E-state index in [-0.39, 0.29) is 23.3 Å². The second-order valence-electron chi connectivity index (χ2n) is 6.25. The predicted octanol–water partition coefficient (Wildman–Crippen LogP) is 4.31. The Morgan fingerprint density at radius 3 is 2.71 bits per heavy atom. The van der Waals surface area contributed by atoms with Gasteiger partial charge in [0.15, 0.2) is 5.16 Å². The van der Waals surface area contributed by atoms with Gasteiger partial charge in [0.05, 0.1) is 22.7 Å². The third-order valence-electron chi connectivity index (χ3n) is 4.22. The fraction of sp³-hybridized carbons (Fsp3) is 0.190. The Morgan fingerprint density at radius 2 is 2.00 bits per heavy atom. The Morgan fingerprint density at radius 1 is 1.29 bits per heavy atom. The standard InChI is InChI=1S/C21H20BrN3O2S/c1-3-12-25-20(27)17-6-4-5-7-18(17)24-21(25)28-13-19(26)23-14(2)15-8-10-16(22)11-9-15/h3-11,14H,1,12-13H2,2H3,(H,23,26). The van der Waals surface area contributed by atoms with Crippen LogP contribution in [0.2, 0.25) is 0 Å². The van der Waals surface area contributed by atoms with Crippen molar-refractivity contribution >= 4 is 44.5 Å². The van der Waals surface area contributed by atoms with Gasteiger partial charge in [-0.2, -0.15) is 0 Å². The molecule has 7 heteroatoms. The largest absolute Gasteiger partial charge is 0.349 e. The lowest BCUT2D eigenvalue weighted by atomic mass is 10.1. The Bertz CT molecular complexity index is 1060. The van der Waals surface area contributed by atoms with Crippen LogP contribution in [0.15, 0.2) is 75.6 Å². The molecule has 0 spiro atoms. The van der Waals surface area contributed by atoms with Crippen LogP contribution in [0.25, 0.3) is 10.9 Å². The Labute approximate surface area is 176 Å². The maximum Gasteiger partial charge on any atom is 0.262 e. The Hall–Kier alpha value is -2.38. The third kappa shape index (κ3) is 4.72. The van der Waals surface area contributed by atoms with Gasteiger partial charge in [-0.1, -0.05) is 58.0 Å². The van der Waals surface area contributed by atoms with E-state index in [4.69, 9.17) is 0 Å². The zero-order valence-corrected chi connectivity index (χ0v) is 17.8.